The second-order valence-electron chi connectivity index (χ2n) is 4.51. The first-order valence-electron chi connectivity index (χ1n) is 5.97. The van der Waals surface area contributed by atoms with Gasteiger partial charge in [-0.15, -0.1) is 0 Å². The summed E-state index contributed by atoms with van der Waals surface area (Å²) < 4.78 is 0. The molecule has 1 aromatic carbocycles. The first kappa shape index (κ1) is 12.1. The van der Waals surface area contributed by atoms with Crippen LogP contribution in [0, 0.1) is 0 Å². The first-order valence-corrected chi connectivity index (χ1v) is 5.97. The Morgan fingerprint density at radius 1 is 1.41 bits per heavy atom. The van der Waals surface area contributed by atoms with Crippen molar-refractivity contribution in [1.29, 1.82) is 0 Å². The Balaban J connectivity index is 1.90. The van der Waals surface area contributed by atoms with E-state index in [2.05, 4.69) is 15.5 Å². The molecule has 92 valence electrons. The minimum absolute atomic E-state index is 0.0469. The third-order valence-electron chi connectivity index (χ3n) is 3.37. The number of hydrogen-bond donors (Lipinski definition) is 2. The Bertz CT molecular complexity index is 376. The van der Waals surface area contributed by atoms with Gasteiger partial charge in [-0.05, 0) is 26.1 Å². The summed E-state index contributed by atoms with van der Waals surface area (Å²) in [4.78, 5) is 14.1. The predicted molar refractivity (Wildman–Crippen MR) is 69.0 cm³/mol. The Labute approximate surface area is 102 Å². The Morgan fingerprint density at radius 3 is 2.59 bits per heavy atom. The topological polar surface area (TPSA) is 44.4 Å². The van der Waals surface area contributed by atoms with Gasteiger partial charge in [0.05, 0.1) is 6.04 Å². The molecule has 1 amide bonds. The number of hydrogen-bond acceptors (Lipinski definition) is 3. The maximum atomic E-state index is 12.0. The van der Waals surface area contributed by atoms with Gasteiger partial charge in [-0.1, -0.05) is 18.2 Å². The van der Waals surface area contributed by atoms with Crippen molar-refractivity contribution >= 4 is 11.6 Å². The standard InChI is InChI=1S/C13H19N3O/c1-10(16(2)12-8-14-9-12)13(17)15-11-6-4-3-5-7-11/h3-7,10,12,14H,8-9H2,1-2H3,(H,15,17). The zero-order valence-corrected chi connectivity index (χ0v) is 10.3. The summed E-state index contributed by atoms with van der Waals surface area (Å²) in [7, 11) is 2.00. The summed E-state index contributed by atoms with van der Waals surface area (Å²) in [5, 5.41) is 6.14. The maximum Gasteiger partial charge on any atom is 0.241 e. The van der Waals surface area contributed by atoms with E-state index in [0.29, 0.717) is 6.04 Å². The maximum absolute atomic E-state index is 12.0. The van der Waals surface area contributed by atoms with Gasteiger partial charge >= 0.3 is 0 Å². The van der Waals surface area contributed by atoms with E-state index in [1.165, 1.54) is 0 Å². The molecule has 0 saturated carbocycles. The summed E-state index contributed by atoms with van der Waals surface area (Å²) in [5.41, 5.74) is 0.851. The van der Waals surface area contributed by atoms with Crippen molar-refractivity contribution in [1.82, 2.24) is 10.2 Å². The number of benzene rings is 1. The fourth-order valence-corrected chi connectivity index (χ4v) is 1.83. The molecule has 0 spiro atoms. The second kappa shape index (κ2) is 5.29. The van der Waals surface area contributed by atoms with Crippen LogP contribution in [-0.4, -0.2) is 43.0 Å². The SMILES string of the molecule is CC(C(=O)Nc1ccccc1)N(C)C1CNC1. The molecule has 1 unspecified atom stereocenters. The Morgan fingerprint density at radius 2 is 2.06 bits per heavy atom. The minimum atomic E-state index is -0.109. The van der Waals surface area contributed by atoms with E-state index < -0.39 is 0 Å². The lowest BCUT2D eigenvalue weighted by Gasteiger charge is -2.38. The van der Waals surface area contributed by atoms with Crippen molar-refractivity contribution in [2.45, 2.75) is 19.0 Å². The van der Waals surface area contributed by atoms with Crippen molar-refractivity contribution in [2.24, 2.45) is 0 Å². The predicted octanol–water partition coefficient (Wildman–Crippen LogP) is 0.917. The Kier molecular flexibility index (Phi) is 3.76. The van der Waals surface area contributed by atoms with Gasteiger partial charge in [-0.25, -0.2) is 0 Å². The lowest BCUT2D eigenvalue weighted by molar-refractivity contribution is -0.121. The molecule has 1 saturated heterocycles. The lowest BCUT2D eigenvalue weighted by atomic mass is 10.1. The lowest BCUT2D eigenvalue weighted by Crippen LogP contribution is -2.59. The normalized spacial score (nSPS) is 17.6. The van der Waals surface area contributed by atoms with E-state index in [-0.39, 0.29) is 11.9 Å². The molecule has 0 aromatic heterocycles. The average molecular weight is 233 g/mol. The number of nitrogens with one attached hydrogen (secondary N) is 2. The zero-order chi connectivity index (χ0) is 12.3. The van der Waals surface area contributed by atoms with Crippen LogP contribution in [0.3, 0.4) is 0 Å². The molecule has 4 nitrogen and oxygen atoms in total. The molecule has 0 radical (unpaired) electrons. The highest BCUT2D eigenvalue weighted by Gasteiger charge is 2.28. The number of para-hydroxylation sites is 1. The van der Waals surface area contributed by atoms with Crippen molar-refractivity contribution in [3.8, 4) is 0 Å². The van der Waals surface area contributed by atoms with Crippen LogP contribution in [0.15, 0.2) is 30.3 Å². The molecule has 0 aliphatic carbocycles. The van der Waals surface area contributed by atoms with E-state index in [9.17, 15) is 4.79 Å². The quantitative estimate of drug-likeness (QED) is 0.812. The summed E-state index contributed by atoms with van der Waals surface area (Å²) in [6, 6.07) is 9.93. The third kappa shape index (κ3) is 2.84. The van der Waals surface area contributed by atoms with Gasteiger partial charge in [-0.3, -0.25) is 9.69 Å². The summed E-state index contributed by atoms with van der Waals surface area (Å²) in [6.07, 6.45) is 0. The van der Waals surface area contributed by atoms with E-state index in [1.54, 1.807) is 0 Å². The number of amides is 1. The number of nitrogens with zero attached hydrogens (tertiary/aromatic N) is 1. The number of carbonyl (C=O) groups is 1. The summed E-state index contributed by atoms with van der Waals surface area (Å²) in [6.45, 7) is 3.88. The third-order valence-corrected chi connectivity index (χ3v) is 3.37. The molecule has 0 bridgehead atoms. The highest BCUT2D eigenvalue weighted by molar-refractivity contribution is 5.94. The van der Waals surface area contributed by atoms with Gasteiger partial charge in [0.15, 0.2) is 0 Å². The molecule has 1 fully saturated rings. The molecule has 17 heavy (non-hydrogen) atoms. The second-order valence-corrected chi connectivity index (χ2v) is 4.51. The molecule has 1 heterocycles. The van der Waals surface area contributed by atoms with Crippen LogP contribution in [-0.2, 0) is 4.79 Å². The first-order chi connectivity index (χ1) is 8.18. The smallest absolute Gasteiger partial charge is 0.241 e. The van der Waals surface area contributed by atoms with Gasteiger partial charge < -0.3 is 10.6 Å². The van der Waals surface area contributed by atoms with Crippen molar-refractivity contribution in [3.63, 3.8) is 0 Å². The molecular weight excluding hydrogens is 214 g/mol. The van der Waals surface area contributed by atoms with E-state index in [1.807, 2.05) is 44.3 Å². The van der Waals surface area contributed by atoms with Gasteiger partial charge in [-0.2, -0.15) is 0 Å². The van der Waals surface area contributed by atoms with Crippen LogP contribution in [0.4, 0.5) is 5.69 Å². The summed E-state index contributed by atoms with van der Waals surface area (Å²) >= 11 is 0. The monoisotopic (exact) mass is 233 g/mol. The number of carbonyl (C=O) groups excluding carboxylic acids is 1. The Hall–Kier alpha value is -1.39. The molecule has 1 aromatic rings. The van der Waals surface area contributed by atoms with Gasteiger partial charge in [0.2, 0.25) is 5.91 Å². The van der Waals surface area contributed by atoms with Crippen LogP contribution in [0.5, 0.6) is 0 Å². The summed E-state index contributed by atoms with van der Waals surface area (Å²) in [5.74, 6) is 0.0469. The van der Waals surface area contributed by atoms with E-state index in [4.69, 9.17) is 0 Å². The average Bonchev–Trinajstić information content (AvgIpc) is 2.27. The van der Waals surface area contributed by atoms with Crippen molar-refractivity contribution in [2.75, 3.05) is 25.5 Å². The molecule has 2 N–H and O–H groups in total. The van der Waals surface area contributed by atoms with Crippen molar-refractivity contribution < 1.29 is 4.79 Å². The molecule has 1 aliphatic heterocycles. The number of anilines is 1. The molecule has 1 aliphatic rings. The largest absolute Gasteiger partial charge is 0.325 e. The molecule has 2 rings (SSSR count). The van der Waals surface area contributed by atoms with Crippen LogP contribution in [0.1, 0.15) is 6.92 Å². The number of rotatable bonds is 4. The fourth-order valence-electron chi connectivity index (χ4n) is 1.83. The van der Waals surface area contributed by atoms with Crippen LogP contribution in [0.2, 0.25) is 0 Å². The molecular formula is C13H19N3O. The zero-order valence-electron chi connectivity index (χ0n) is 10.3. The van der Waals surface area contributed by atoms with Gasteiger partial charge in [0.25, 0.3) is 0 Å². The molecule has 1 atom stereocenters. The van der Waals surface area contributed by atoms with Gasteiger partial charge in [0.1, 0.15) is 0 Å². The van der Waals surface area contributed by atoms with Gasteiger partial charge in [0, 0.05) is 24.8 Å². The van der Waals surface area contributed by atoms with Crippen LogP contribution >= 0.6 is 0 Å². The molecule has 4 heteroatoms. The minimum Gasteiger partial charge on any atom is -0.325 e. The van der Waals surface area contributed by atoms with Crippen LogP contribution < -0.4 is 10.6 Å². The van der Waals surface area contributed by atoms with E-state index in [0.717, 1.165) is 18.8 Å². The van der Waals surface area contributed by atoms with E-state index >= 15 is 0 Å². The van der Waals surface area contributed by atoms with Crippen molar-refractivity contribution in [3.05, 3.63) is 30.3 Å². The van der Waals surface area contributed by atoms with Crippen LogP contribution in [0.25, 0.3) is 0 Å². The fraction of sp³-hybridized carbons (Fsp3) is 0.462. The highest BCUT2D eigenvalue weighted by atomic mass is 16.2. The highest BCUT2D eigenvalue weighted by Crippen LogP contribution is 2.10. The number of likely N-dealkylation sites (N-methyl/N-ethyl adjacent to an activating group) is 1.